The van der Waals surface area contributed by atoms with Gasteiger partial charge >= 0.3 is 0 Å². The van der Waals surface area contributed by atoms with E-state index in [0.717, 1.165) is 16.8 Å². The zero-order valence-corrected chi connectivity index (χ0v) is 17.9. The van der Waals surface area contributed by atoms with Crippen molar-refractivity contribution >= 4 is 22.3 Å². The summed E-state index contributed by atoms with van der Waals surface area (Å²) in [4.78, 5) is 6.40. The minimum atomic E-state index is 0.450. The van der Waals surface area contributed by atoms with Crippen LogP contribution in [0.4, 0.5) is 11.4 Å². The molecular weight excluding hydrogens is 382 g/mol. The number of methoxy groups -OCH3 is 2. The second kappa shape index (κ2) is 9.23. The van der Waals surface area contributed by atoms with E-state index in [-0.39, 0.29) is 0 Å². The lowest BCUT2D eigenvalue weighted by molar-refractivity contribution is 0.288. The fourth-order valence-electron chi connectivity index (χ4n) is 3.33. The van der Waals surface area contributed by atoms with Gasteiger partial charge in [-0.15, -0.1) is 0 Å². The third kappa shape index (κ3) is 3.90. The number of rotatable bonds is 8. The molecule has 0 saturated heterocycles. The quantitative estimate of drug-likeness (QED) is 0.536. The van der Waals surface area contributed by atoms with Crippen LogP contribution >= 0.6 is 0 Å². The summed E-state index contributed by atoms with van der Waals surface area (Å²) in [5.41, 5.74) is 2.72. The van der Waals surface area contributed by atoms with E-state index >= 15 is 0 Å². The normalized spacial score (nSPS) is 10.4. The van der Waals surface area contributed by atoms with Crippen LogP contribution in [0.15, 0.2) is 36.5 Å². The molecule has 0 N–H and O–H groups in total. The van der Waals surface area contributed by atoms with Crippen molar-refractivity contribution < 1.29 is 18.9 Å². The Kier molecular flexibility index (Phi) is 6.48. The Balaban J connectivity index is 2.22. The van der Waals surface area contributed by atoms with E-state index in [2.05, 4.69) is 11.1 Å². The molecule has 7 heteroatoms. The predicted octanol–water partition coefficient (Wildman–Crippen LogP) is 4.69. The number of fused-ring (bicyclic) bond motifs is 1. The molecule has 0 fully saturated rings. The molecule has 0 unspecified atom stereocenters. The molecule has 0 radical (unpaired) electrons. The first-order valence-corrected chi connectivity index (χ1v) is 9.66. The molecule has 0 aliphatic rings. The number of nitriles is 1. The number of benzene rings is 2. The fourth-order valence-corrected chi connectivity index (χ4v) is 3.33. The summed E-state index contributed by atoms with van der Waals surface area (Å²) >= 11 is 0. The molecule has 0 amide bonds. The van der Waals surface area contributed by atoms with Crippen LogP contribution in [0.1, 0.15) is 19.4 Å². The van der Waals surface area contributed by atoms with Crippen molar-refractivity contribution in [2.75, 3.05) is 39.4 Å². The zero-order chi connectivity index (χ0) is 21.7. The highest BCUT2D eigenvalue weighted by molar-refractivity contribution is 5.98. The molecule has 2 aromatic carbocycles. The van der Waals surface area contributed by atoms with E-state index in [1.807, 2.05) is 56.1 Å². The summed E-state index contributed by atoms with van der Waals surface area (Å²) in [6.45, 7) is 4.85. The Morgan fingerprint density at radius 1 is 0.933 bits per heavy atom. The van der Waals surface area contributed by atoms with Gasteiger partial charge in [-0.3, -0.25) is 4.98 Å². The topological polar surface area (TPSA) is 76.8 Å². The third-order valence-electron chi connectivity index (χ3n) is 4.71. The lowest BCUT2D eigenvalue weighted by atomic mass is 10.1. The van der Waals surface area contributed by atoms with Crippen LogP contribution in [0.25, 0.3) is 10.9 Å². The van der Waals surface area contributed by atoms with Gasteiger partial charge < -0.3 is 23.8 Å². The molecule has 0 aliphatic heterocycles. The van der Waals surface area contributed by atoms with Gasteiger partial charge in [0.1, 0.15) is 6.07 Å². The van der Waals surface area contributed by atoms with Crippen molar-refractivity contribution in [1.29, 1.82) is 5.26 Å². The van der Waals surface area contributed by atoms with Gasteiger partial charge in [-0.05, 0) is 32.0 Å². The SMILES string of the molecule is CCOc1cc2ncc(C#N)c(N(C)c3ccc(OC)c(OC)c3)c2cc1OCC. The van der Waals surface area contributed by atoms with E-state index in [1.54, 1.807) is 20.4 Å². The largest absolute Gasteiger partial charge is 0.493 e. The van der Waals surface area contributed by atoms with Crippen molar-refractivity contribution in [3.8, 4) is 29.1 Å². The highest BCUT2D eigenvalue weighted by Crippen LogP contribution is 2.41. The standard InChI is InChI=1S/C23H25N3O4/c1-6-29-21-11-17-18(12-22(21)30-7-2)25-14-15(13-24)23(17)26(3)16-8-9-19(27-4)20(10-16)28-5/h8-12,14H,6-7H2,1-5H3. The Hall–Kier alpha value is -3.66. The van der Waals surface area contributed by atoms with Gasteiger partial charge in [-0.1, -0.05) is 0 Å². The molecule has 7 nitrogen and oxygen atoms in total. The Bertz CT molecular complexity index is 1090. The van der Waals surface area contributed by atoms with E-state index < -0.39 is 0 Å². The summed E-state index contributed by atoms with van der Waals surface area (Å²) in [5, 5.41) is 10.5. The van der Waals surface area contributed by atoms with E-state index in [0.29, 0.717) is 47.3 Å². The number of nitrogens with zero attached hydrogens (tertiary/aromatic N) is 3. The molecule has 1 heterocycles. The smallest absolute Gasteiger partial charge is 0.163 e. The second-order valence-corrected chi connectivity index (χ2v) is 6.41. The molecule has 0 bridgehead atoms. The van der Waals surface area contributed by atoms with E-state index in [4.69, 9.17) is 18.9 Å². The molecule has 3 rings (SSSR count). The first-order valence-electron chi connectivity index (χ1n) is 9.66. The van der Waals surface area contributed by atoms with Crippen LogP contribution in [0.2, 0.25) is 0 Å². The number of aromatic nitrogens is 1. The van der Waals surface area contributed by atoms with Crippen molar-refractivity contribution in [2.45, 2.75) is 13.8 Å². The predicted molar refractivity (Wildman–Crippen MR) is 116 cm³/mol. The average molecular weight is 407 g/mol. The van der Waals surface area contributed by atoms with Gasteiger partial charge in [0.2, 0.25) is 0 Å². The summed E-state index contributed by atoms with van der Waals surface area (Å²) in [7, 11) is 5.08. The summed E-state index contributed by atoms with van der Waals surface area (Å²) in [6.07, 6.45) is 1.57. The molecular formula is C23H25N3O4. The highest BCUT2D eigenvalue weighted by Gasteiger charge is 2.19. The van der Waals surface area contributed by atoms with E-state index in [9.17, 15) is 5.26 Å². The monoisotopic (exact) mass is 407 g/mol. The second-order valence-electron chi connectivity index (χ2n) is 6.41. The molecule has 0 aliphatic carbocycles. The number of anilines is 2. The Morgan fingerprint density at radius 2 is 1.60 bits per heavy atom. The van der Waals surface area contributed by atoms with Gasteiger partial charge in [0, 0.05) is 36.5 Å². The zero-order valence-electron chi connectivity index (χ0n) is 17.9. The lowest BCUT2D eigenvalue weighted by Crippen LogP contribution is -2.12. The Morgan fingerprint density at radius 3 is 2.20 bits per heavy atom. The van der Waals surface area contributed by atoms with Gasteiger partial charge in [-0.25, -0.2) is 0 Å². The number of pyridine rings is 1. The molecule has 3 aromatic rings. The van der Waals surface area contributed by atoms with Gasteiger partial charge in [-0.2, -0.15) is 5.26 Å². The minimum Gasteiger partial charge on any atom is -0.493 e. The van der Waals surface area contributed by atoms with Crippen LogP contribution < -0.4 is 23.8 Å². The lowest BCUT2D eigenvalue weighted by Gasteiger charge is -2.24. The Labute approximate surface area is 176 Å². The number of ether oxygens (including phenoxy) is 4. The fraction of sp³-hybridized carbons (Fsp3) is 0.304. The maximum absolute atomic E-state index is 9.75. The maximum Gasteiger partial charge on any atom is 0.163 e. The molecule has 0 spiro atoms. The van der Waals surface area contributed by atoms with Crippen molar-refractivity contribution in [3.05, 3.63) is 42.1 Å². The van der Waals surface area contributed by atoms with E-state index in [1.165, 1.54) is 0 Å². The number of hydrogen-bond donors (Lipinski definition) is 0. The van der Waals surface area contributed by atoms with Crippen LogP contribution in [0.3, 0.4) is 0 Å². The molecule has 1 aromatic heterocycles. The molecule has 30 heavy (non-hydrogen) atoms. The first kappa shape index (κ1) is 21.1. The molecule has 0 atom stereocenters. The van der Waals surface area contributed by atoms with Gasteiger partial charge in [0.25, 0.3) is 0 Å². The molecule has 0 saturated carbocycles. The third-order valence-corrected chi connectivity index (χ3v) is 4.71. The van der Waals surface area contributed by atoms with Crippen LogP contribution in [-0.2, 0) is 0 Å². The molecule has 156 valence electrons. The van der Waals surface area contributed by atoms with Crippen molar-refractivity contribution in [3.63, 3.8) is 0 Å². The van der Waals surface area contributed by atoms with Crippen LogP contribution in [0, 0.1) is 11.3 Å². The van der Waals surface area contributed by atoms with Gasteiger partial charge in [0.05, 0.1) is 44.2 Å². The average Bonchev–Trinajstić information content (AvgIpc) is 2.78. The van der Waals surface area contributed by atoms with Gasteiger partial charge in [0.15, 0.2) is 23.0 Å². The van der Waals surface area contributed by atoms with Crippen molar-refractivity contribution in [2.24, 2.45) is 0 Å². The van der Waals surface area contributed by atoms with Crippen LogP contribution in [0.5, 0.6) is 23.0 Å². The highest BCUT2D eigenvalue weighted by atomic mass is 16.5. The van der Waals surface area contributed by atoms with Crippen LogP contribution in [-0.4, -0.2) is 39.5 Å². The summed E-state index contributed by atoms with van der Waals surface area (Å²) in [6, 6.07) is 11.6. The minimum absolute atomic E-state index is 0.450. The maximum atomic E-state index is 9.75. The number of hydrogen-bond acceptors (Lipinski definition) is 7. The summed E-state index contributed by atoms with van der Waals surface area (Å²) < 4.78 is 22.3. The van der Waals surface area contributed by atoms with Crippen molar-refractivity contribution in [1.82, 2.24) is 4.98 Å². The summed E-state index contributed by atoms with van der Waals surface area (Å²) in [5.74, 6) is 2.48. The first-order chi connectivity index (χ1) is 14.6.